The summed E-state index contributed by atoms with van der Waals surface area (Å²) in [5.41, 5.74) is 0. The summed E-state index contributed by atoms with van der Waals surface area (Å²) in [6.07, 6.45) is 0.798. The molecule has 0 bridgehead atoms. The fraction of sp³-hybridized carbons (Fsp3) is 0.875. The summed E-state index contributed by atoms with van der Waals surface area (Å²) < 4.78 is 0.0417. The standard InChI is InChI=1S/C6H9NOS.C2H6/c8-5-1-2-9-6(5)3-7-4-6;1-2/h7H,1-4H2;1-2H3. The zero-order chi connectivity index (χ0) is 8.32. The van der Waals surface area contributed by atoms with Crippen molar-refractivity contribution in [3.05, 3.63) is 0 Å². The SMILES string of the molecule is CC.O=C1CCSC12CNC2. The van der Waals surface area contributed by atoms with E-state index >= 15 is 0 Å². The molecule has 2 saturated heterocycles. The Labute approximate surface area is 72.1 Å². The third-order valence-corrected chi connectivity index (χ3v) is 3.51. The molecule has 11 heavy (non-hydrogen) atoms. The van der Waals surface area contributed by atoms with Crippen LogP contribution in [0.5, 0.6) is 0 Å². The molecule has 2 fully saturated rings. The van der Waals surface area contributed by atoms with Gasteiger partial charge in [-0.25, -0.2) is 0 Å². The van der Waals surface area contributed by atoms with Crippen LogP contribution in [0.25, 0.3) is 0 Å². The Morgan fingerprint density at radius 3 is 2.27 bits per heavy atom. The Kier molecular flexibility index (Phi) is 2.96. The minimum Gasteiger partial charge on any atom is -0.313 e. The normalized spacial score (nSPS) is 25.8. The van der Waals surface area contributed by atoms with Crippen molar-refractivity contribution in [3.63, 3.8) is 0 Å². The van der Waals surface area contributed by atoms with Gasteiger partial charge in [-0.3, -0.25) is 4.79 Å². The number of hydrogen-bond acceptors (Lipinski definition) is 3. The summed E-state index contributed by atoms with van der Waals surface area (Å²) in [4.78, 5) is 11.1. The molecule has 2 heterocycles. The molecule has 2 aliphatic heterocycles. The van der Waals surface area contributed by atoms with Gasteiger partial charge in [-0.2, -0.15) is 0 Å². The van der Waals surface area contributed by atoms with E-state index in [1.165, 1.54) is 0 Å². The number of carbonyl (C=O) groups excluding carboxylic acids is 1. The van der Waals surface area contributed by atoms with Crippen LogP contribution < -0.4 is 5.32 Å². The minimum absolute atomic E-state index is 0.0417. The van der Waals surface area contributed by atoms with Crippen molar-refractivity contribution in [2.75, 3.05) is 18.8 Å². The maximum absolute atomic E-state index is 11.1. The third kappa shape index (κ3) is 1.44. The molecule has 0 aliphatic carbocycles. The van der Waals surface area contributed by atoms with E-state index < -0.39 is 0 Å². The van der Waals surface area contributed by atoms with Crippen LogP contribution in [-0.2, 0) is 4.79 Å². The van der Waals surface area contributed by atoms with Crippen molar-refractivity contribution in [2.24, 2.45) is 0 Å². The van der Waals surface area contributed by atoms with E-state index in [4.69, 9.17) is 0 Å². The first-order valence-electron chi connectivity index (χ1n) is 4.21. The first kappa shape index (κ1) is 9.07. The van der Waals surface area contributed by atoms with E-state index in [0.29, 0.717) is 5.78 Å². The lowest BCUT2D eigenvalue weighted by Crippen LogP contribution is -2.59. The van der Waals surface area contributed by atoms with Gasteiger partial charge in [0.2, 0.25) is 0 Å². The number of thioether (sulfide) groups is 1. The maximum Gasteiger partial charge on any atom is 0.152 e. The van der Waals surface area contributed by atoms with Crippen LogP contribution in [-0.4, -0.2) is 29.4 Å². The molecule has 0 amide bonds. The van der Waals surface area contributed by atoms with E-state index in [2.05, 4.69) is 5.32 Å². The van der Waals surface area contributed by atoms with Crippen LogP contribution in [0.15, 0.2) is 0 Å². The zero-order valence-corrected chi connectivity index (χ0v) is 7.96. The first-order chi connectivity index (χ1) is 5.33. The molecule has 64 valence electrons. The highest BCUT2D eigenvalue weighted by molar-refractivity contribution is 8.02. The molecule has 0 saturated carbocycles. The number of nitrogens with one attached hydrogen (secondary N) is 1. The molecular weight excluding hydrogens is 158 g/mol. The van der Waals surface area contributed by atoms with Gasteiger partial charge in [0.25, 0.3) is 0 Å². The third-order valence-electron chi connectivity index (χ3n) is 2.04. The highest BCUT2D eigenvalue weighted by atomic mass is 32.2. The summed E-state index contributed by atoms with van der Waals surface area (Å²) in [5, 5.41) is 3.13. The smallest absolute Gasteiger partial charge is 0.152 e. The lowest BCUT2D eigenvalue weighted by atomic mass is 9.96. The molecular formula is C8H15NOS. The molecule has 0 atom stereocenters. The Morgan fingerprint density at radius 1 is 1.45 bits per heavy atom. The fourth-order valence-electron chi connectivity index (χ4n) is 1.30. The molecule has 1 spiro atoms. The molecule has 0 aromatic heterocycles. The lowest BCUT2D eigenvalue weighted by Gasteiger charge is -2.36. The predicted octanol–water partition coefficient (Wildman–Crippen LogP) is 1.06. The van der Waals surface area contributed by atoms with Gasteiger partial charge in [-0.05, 0) is 0 Å². The van der Waals surface area contributed by atoms with E-state index in [9.17, 15) is 4.79 Å². The van der Waals surface area contributed by atoms with Gasteiger partial charge in [0.05, 0.1) is 4.75 Å². The van der Waals surface area contributed by atoms with Crippen molar-refractivity contribution in [2.45, 2.75) is 25.0 Å². The molecule has 0 aromatic carbocycles. The predicted molar refractivity (Wildman–Crippen MR) is 49.0 cm³/mol. The topological polar surface area (TPSA) is 29.1 Å². The second-order valence-electron chi connectivity index (χ2n) is 2.62. The van der Waals surface area contributed by atoms with Crippen LogP contribution in [0.1, 0.15) is 20.3 Å². The van der Waals surface area contributed by atoms with Crippen molar-refractivity contribution in [3.8, 4) is 0 Å². The van der Waals surface area contributed by atoms with Gasteiger partial charge in [0.1, 0.15) is 0 Å². The second-order valence-corrected chi connectivity index (χ2v) is 4.10. The minimum atomic E-state index is 0.0417. The van der Waals surface area contributed by atoms with Crippen LogP contribution >= 0.6 is 11.8 Å². The van der Waals surface area contributed by atoms with E-state index in [1.54, 1.807) is 0 Å². The summed E-state index contributed by atoms with van der Waals surface area (Å²) in [5.74, 6) is 1.51. The van der Waals surface area contributed by atoms with E-state index in [0.717, 1.165) is 25.3 Å². The Bertz CT molecular complexity index is 154. The largest absolute Gasteiger partial charge is 0.313 e. The lowest BCUT2D eigenvalue weighted by molar-refractivity contribution is -0.121. The molecule has 2 rings (SSSR count). The highest BCUT2D eigenvalue weighted by Gasteiger charge is 2.47. The van der Waals surface area contributed by atoms with Gasteiger partial charge in [-0.15, -0.1) is 11.8 Å². The summed E-state index contributed by atoms with van der Waals surface area (Å²) >= 11 is 1.83. The fourth-order valence-corrected chi connectivity index (χ4v) is 2.65. The summed E-state index contributed by atoms with van der Waals surface area (Å²) in [7, 11) is 0. The summed E-state index contributed by atoms with van der Waals surface area (Å²) in [6, 6.07) is 0. The Hall–Kier alpha value is -0.0200. The van der Waals surface area contributed by atoms with Crippen LogP contribution in [0.3, 0.4) is 0 Å². The van der Waals surface area contributed by atoms with Gasteiger partial charge in [-0.1, -0.05) is 13.8 Å². The quantitative estimate of drug-likeness (QED) is 0.594. The van der Waals surface area contributed by atoms with Gasteiger partial charge in [0, 0.05) is 25.3 Å². The number of ketones is 1. The molecule has 1 N–H and O–H groups in total. The zero-order valence-electron chi connectivity index (χ0n) is 7.14. The number of Topliss-reactive ketones (excluding diaryl/α,β-unsaturated/α-hetero) is 1. The van der Waals surface area contributed by atoms with Gasteiger partial charge in [0.15, 0.2) is 5.78 Å². The Balaban J connectivity index is 0.000000281. The monoisotopic (exact) mass is 173 g/mol. The van der Waals surface area contributed by atoms with Gasteiger partial charge >= 0.3 is 0 Å². The van der Waals surface area contributed by atoms with Crippen LogP contribution in [0.2, 0.25) is 0 Å². The Morgan fingerprint density at radius 2 is 2.09 bits per heavy atom. The van der Waals surface area contributed by atoms with E-state index in [-0.39, 0.29) is 4.75 Å². The maximum atomic E-state index is 11.1. The van der Waals surface area contributed by atoms with Crippen molar-refractivity contribution in [1.82, 2.24) is 5.32 Å². The van der Waals surface area contributed by atoms with Crippen molar-refractivity contribution in [1.29, 1.82) is 0 Å². The van der Waals surface area contributed by atoms with E-state index in [1.807, 2.05) is 25.6 Å². The number of carbonyl (C=O) groups is 1. The molecule has 0 radical (unpaired) electrons. The first-order valence-corrected chi connectivity index (χ1v) is 5.20. The van der Waals surface area contributed by atoms with Crippen molar-refractivity contribution >= 4 is 17.5 Å². The molecule has 2 aliphatic rings. The molecule has 3 heteroatoms. The van der Waals surface area contributed by atoms with Crippen LogP contribution in [0, 0.1) is 0 Å². The van der Waals surface area contributed by atoms with Crippen LogP contribution in [0.4, 0.5) is 0 Å². The van der Waals surface area contributed by atoms with Crippen molar-refractivity contribution < 1.29 is 4.79 Å². The number of hydrogen-bond donors (Lipinski definition) is 1. The summed E-state index contributed by atoms with van der Waals surface area (Å²) in [6.45, 7) is 5.83. The average molecular weight is 173 g/mol. The highest BCUT2D eigenvalue weighted by Crippen LogP contribution is 2.37. The molecule has 2 nitrogen and oxygen atoms in total. The molecule has 0 aromatic rings. The second kappa shape index (κ2) is 3.59. The van der Waals surface area contributed by atoms with Gasteiger partial charge < -0.3 is 5.32 Å². The number of rotatable bonds is 0. The molecule has 0 unspecified atom stereocenters. The average Bonchev–Trinajstić information content (AvgIpc) is 2.34.